The first-order chi connectivity index (χ1) is 10.6. The molecule has 0 spiro atoms. The zero-order valence-corrected chi connectivity index (χ0v) is 14.8. The molecule has 122 valence electrons. The number of thioether (sulfide) groups is 1. The van der Waals surface area contributed by atoms with Crippen molar-refractivity contribution in [2.24, 2.45) is 4.99 Å². The summed E-state index contributed by atoms with van der Waals surface area (Å²) in [5.74, 6) is 1.66. The van der Waals surface area contributed by atoms with Crippen LogP contribution in [0.4, 0.5) is 5.69 Å². The van der Waals surface area contributed by atoms with Crippen molar-refractivity contribution < 1.29 is 4.79 Å². The number of rotatable bonds is 7. The first-order valence-corrected chi connectivity index (χ1v) is 8.84. The van der Waals surface area contributed by atoms with E-state index >= 15 is 0 Å². The SMILES string of the molecule is CN=C(NCCSC)NCCC(=O)Nc1cccc(Cl)c1C. The monoisotopic (exact) mass is 342 g/mol. The molecule has 5 nitrogen and oxygen atoms in total. The van der Waals surface area contributed by atoms with Crippen LogP contribution in [0.15, 0.2) is 23.2 Å². The highest BCUT2D eigenvalue weighted by atomic mass is 35.5. The van der Waals surface area contributed by atoms with E-state index in [4.69, 9.17) is 11.6 Å². The summed E-state index contributed by atoms with van der Waals surface area (Å²) in [5, 5.41) is 9.81. The quantitative estimate of drug-likeness (QED) is 0.404. The van der Waals surface area contributed by atoms with Gasteiger partial charge in [0.1, 0.15) is 0 Å². The number of carbonyl (C=O) groups excluding carboxylic acids is 1. The van der Waals surface area contributed by atoms with Crippen LogP contribution in [0.5, 0.6) is 0 Å². The number of nitrogens with zero attached hydrogens (tertiary/aromatic N) is 1. The molecule has 1 rings (SSSR count). The van der Waals surface area contributed by atoms with Crippen molar-refractivity contribution in [1.29, 1.82) is 0 Å². The molecule has 22 heavy (non-hydrogen) atoms. The van der Waals surface area contributed by atoms with Gasteiger partial charge in [-0.2, -0.15) is 11.8 Å². The van der Waals surface area contributed by atoms with E-state index in [1.54, 1.807) is 24.9 Å². The molecule has 3 N–H and O–H groups in total. The molecule has 0 aliphatic carbocycles. The van der Waals surface area contributed by atoms with Gasteiger partial charge in [-0.1, -0.05) is 17.7 Å². The van der Waals surface area contributed by atoms with Gasteiger partial charge in [0.05, 0.1) is 0 Å². The van der Waals surface area contributed by atoms with E-state index in [1.807, 2.05) is 19.1 Å². The number of hydrogen-bond acceptors (Lipinski definition) is 3. The summed E-state index contributed by atoms with van der Waals surface area (Å²) in [6.07, 6.45) is 2.41. The van der Waals surface area contributed by atoms with Crippen LogP contribution in [0.3, 0.4) is 0 Å². The lowest BCUT2D eigenvalue weighted by Crippen LogP contribution is -2.39. The molecule has 0 atom stereocenters. The molecule has 0 saturated heterocycles. The summed E-state index contributed by atoms with van der Waals surface area (Å²) >= 11 is 7.80. The zero-order chi connectivity index (χ0) is 16.4. The van der Waals surface area contributed by atoms with E-state index < -0.39 is 0 Å². The summed E-state index contributed by atoms with van der Waals surface area (Å²) in [5.41, 5.74) is 1.62. The molecule has 0 saturated carbocycles. The molecule has 1 amide bonds. The third-order valence-corrected chi connectivity index (χ3v) is 4.03. The number of amides is 1. The van der Waals surface area contributed by atoms with Crippen LogP contribution in [0.2, 0.25) is 5.02 Å². The minimum atomic E-state index is -0.0579. The minimum absolute atomic E-state index is 0.0579. The van der Waals surface area contributed by atoms with E-state index in [9.17, 15) is 4.79 Å². The first kappa shape index (κ1) is 18.6. The third kappa shape index (κ3) is 6.58. The second-order valence-corrected chi connectivity index (χ2v) is 6.02. The lowest BCUT2D eigenvalue weighted by atomic mass is 10.2. The van der Waals surface area contributed by atoms with Gasteiger partial charge in [0.15, 0.2) is 5.96 Å². The Hall–Kier alpha value is -1.40. The summed E-state index contributed by atoms with van der Waals surface area (Å²) in [6, 6.07) is 5.47. The van der Waals surface area contributed by atoms with E-state index in [0.717, 1.165) is 23.5 Å². The molecule has 1 aromatic carbocycles. The standard InChI is InChI=1S/C15H23ClN4OS/c1-11-12(16)5-4-6-13(11)20-14(21)7-8-18-15(17-2)19-9-10-22-3/h4-6H,7-10H2,1-3H3,(H,20,21)(H2,17,18,19). The maximum Gasteiger partial charge on any atom is 0.226 e. The van der Waals surface area contributed by atoms with E-state index in [1.165, 1.54) is 0 Å². The van der Waals surface area contributed by atoms with Gasteiger partial charge in [-0.25, -0.2) is 0 Å². The van der Waals surface area contributed by atoms with Gasteiger partial charge in [-0.05, 0) is 30.9 Å². The van der Waals surface area contributed by atoms with Crippen molar-refractivity contribution in [3.63, 3.8) is 0 Å². The molecular formula is C15H23ClN4OS. The lowest BCUT2D eigenvalue weighted by Gasteiger charge is -2.12. The topological polar surface area (TPSA) is 65.5 Å². The second-order valence-electron chi connectivity index (χ2n) is 4.63. The Kier molecular flexibility index (Phi) is 8.77. The van der Waals surface area contributed by atoms with Crippen LogP contribution in [0.25, 0.3) is 0 Å². The van der Waals surface area contributed by atoms with Crippen molar-refractivity contribution >= 4 is 40.9 Å². The van der Waals surface area contributed by atoms with Crippen molar-refractivity contribution in [3.05, 3.63) is 28.8 Å². The van der Waals surface area contributed by atoms with Crippen molar-refractivity contribution in [2.75, 3.05) is 37.5 Å². The maximum atomic E-state index is 11.9. The predicted octanol–water partition coefficient (Wildman–Crippen LogP) is 2.51. The van der Waals surface area contributed by atoms with Crippen molar-refractivity contribution in [2.45, 2.75) is 13.3 Å². The minimum Gasteiger partial charge on any atom is -0.356 e. The van der Waals surface area contributed by atoms with Gasteiger partial charge in [0.25, 0.3) is 0 Å². The van der Waals surface area contributed by atoms with Gasteiger partial charge in [0.2, 0.25) is 5.91 Å². The summed E-state index contributed by atoms with van der Waals surface area (Å²) in [6.45, 7) is 3.24. The smallest absolute Gasteiger partial charge is 0.226 e. The zero-order valence-electron chi connectivity index (χ0n) is 13.2. The van der Waals surface area contributed by atoms with Gasteiger partial charge in [0, 0.05) is 43.0 Å². The average Bonchev–Trinajstić information content (AvgIpc) is 2.50. The highest BCUT2D eigenvalue weighted by Gasteiger charge is 2.07. The van der Waals surface area contributed by atoms with Gasteiger partial charge < -0.3 is 16.0 Å². The summed E-state index contributed by atoms with van der Waals surface area (Å²) < 4.78 is 0. The number of aliphatic imine (C=N–C) groups is 1. The predicted molar refractivity (Wildman–Crippen MR) is 97.2 cm³/mol. The Labute approximate surface area is 141 Å². The molecule has 0 fully saturated rings. The van der Waals surface area contributed by atoms with Crippen LogP contribution in [0, 0.1) is 6.92 Å². The Morgan fingerprint density at radius 3 is 2.73 bits per heavy atom. The number of anilines is 1. The molecule has 7 heteroatoms. The Morgan fingerprint density at radius 1 is 1.32 bits per heavy atom. The number of carbonyl (C=O) groups is 1. The van der Waals surface area contributed by atoms with Gasteiger partial charge in [-0.15, -0.1) is 0 Å². The summed E-state index contributed by atoms with van der Waals surface area (Å²) in [7, 11) is 1.71. The molecule has 0 bridgehead atoms. The largest absolute Gasteiger partial charge is 0.356 e. The van der Waals surface area contributed by atoms with Crippen molar-refractivity contribution in [3.8, 4) is 0 Å². The molecule has 0 aliphatic heterocycles. The number of benzene rings is 1. The van der Waals surface area contributed by atoms with Crippen LogP contribution in [0.1, 0.15) is 12.0 Å². The molecule has 0 aliphatic rings. The fraction of sp³-hybridized carbons (Fsp3) is 0.467. The number of hydrogen-bond donors (Lipinski definition) is 3. The van der Waals surface area contributed by atoms with Gasteiger partial charge in [-0.3, -0.25) is 9.79 Å². The number of guanidine groups is 1. The van der Waals surface area contributed by atoms with Crippen molar-refractivity contribution in [1.82, 2.24) is 10.6 Å². The maximum absolute atomic E-state index is 11.9. The fourth-order valence-corrected chi connectivity index (χ4v) is 2.22. The third-order valence-electron chi connectivity index (χ3n) is 3.01. The Bertz CT molecular complexity index is 522. The molecule has 0 aromatic heterocycles. The molecule has 0 radical (unpaired) electrons. The Morgan fingerprint density at radius 2 is 2.05 bits per heavy atom. The highest BCUT2D eigenvalue weighted by Crippen LogP contribution is 2.22. The van der Waals surface area contributed by atoms with Crippen LogP contribution < -0.4 is 16.0 Å². The fourth-order valence-electron chi connectivity index (χ4n) is 1.74. The summed E-state index contributed by atoms with van der Waals surface area (Å²) in [4.78, 5) is 16.1. The number of nitrogens with one attached hydrogen (secondary N) is 3. The molecule has 0 unspecified atom stereocenters. The molecule has 1 aromatic rings. The molecule has 0 heterocycles. The van der Waals surface area contributed by atoms with E-state index in [0.29, 0.717) is 23.9 Å². The highest BCUT2D eigenvalue weighted by molar-refractivity contribution is 7.98. The normalized spacial score (nSPS) is 11.2. The number of halogens is 1. The second kappa shape index (κ2) is 10.3. The molecular weight excluding hydrogens is 320 g/mol. The van der Waals surface area contributed by atoms with E-state index in [2.05, 4.69) is 27.2 Å². The van der Waals surface area contributed by atoms with Crippen LogP contribution in [-0.4, -0.2) is 44.0 Å². The van der Waals surface area contributed by atoms with Crippen LogP contribution in [-0.2, 0) is 4.79 Å². The first-order valence-electron chi connectivity index (χ1n) is 7.07. The van der Waals surface area contributed by atoms with Gasteiger partial charge >= 0.3 is 0 Å². The van der Waals surface area contributed by atoms with E-state index in [-0.39, 0.29) is 5.91 Å². The Balaban J connectivity index is 2.35. The average molecular weight is 343 g/mol. The lowest BCUT2D eigenvalue weighted by molar-refractivity contribution is -0.116. The van der Waals surface area contributed by atoms with Crippen LogP contribution >= 0.6 is 23.4 Å².